The number of aromatic nitrogens is 2. The number of carbonyl (C=O) groups excluding carboxylic acids is 1. The molecule has 0 aliphatic carbocycles. The number of rotatable bonds is 6. The van der Waals surface area contributed by atoms with Crippen LogP contribution in [-0.4, -0.2) is 31.8 Å². The van der Waals surface area contributed by atoms with E-state index in [1.54, 1.807) is 0 Å². The third-order valence-electron chi connectivity index (χ3n) is 3.49. The van der Waals surface area contributed by atoms with E-state index in [0.29, 0.717) is 6.07 Å². The van der Waals surface area contributed by atoms with Crippen molar-refractivity contribution in [2.24, 2.45) is 0 Å². The molecule has 3 rings (SSSR count). The van der Waals surface area contributed by atoms with Crippen LogP contribution < -0.4 is 4.74 Å². The molecule has 0 aliphatic rings. The quantitative estimate of drug-likeness (QED) is 0.299. The van der Waals surface area contributed by atoms with Gasteiger partial charge in [0.15, 0.2) is 17.3 Å². The number of hydrogen-bond acceptors (Lipinski definition) is 6. The summed E-state index contributed by atoms with van der Waals surface area (Å²) in [4.78, 5) is 39.5. The van der Waals surface area contributed by atoms with Crippen LogP contribution in [0.3, 0.4) is 0 Å². The minimum Gasteiger partial charge on any atom is -0.481 e. The van der Waals surface area contributed by atoms with Crippen molar-refractivity contribution < 1.29 is 28.7 Å². The van der Waals surface area contributed by atoms with Crippen LogP contribution in [-0.2, 0) is 4.79 Å². The average molecular weight is 359 g/mol. The summed E-state index contributed by atoms with van der Waals surface area (Å²) in [6.07, 6.45) is 1.91. The number of halogens is 1. The number of carbonyl (C=O) groups is 2. The van der Waals surface area contributed by atoms with Crippen molar-refractivity contribution in [1.82, 2.24) is 9.97 Å². The number of carboxylic acids is 1. The molecule has 9 nitrogen and oxygen atoms in total. The molecule has 0 atom stereocenters. The third kappa shape index (κ3) is 3.20. The summed E-state index contributed by atoms with van der Waals surface area (Å²) >= 11 is 0. The fourth-order valence-electron chi connectivity index (χ4n) is 2.37. The zero-order valence-electron chi connectivity index (χ0n) is 12.9. The largest absolute Gasteiger partial charge is 0.481 e. The second kappa shape index (κ2) is 6.59. The molecule has 2 heterocycles. The highest BCUT2D eigenvalue weighted by Gasteiger charge is 2.20. The highest BCUT2D eigenvalue weighted by atomic mass is 19.1. The molecule has 0 aliphatic heterocycles. The molecule has 0 bridgehead atoms. The number of nitro benzene ring substituents is 1. The van der Waals surface area contributed by atoms with Crippen LogP contribution in [0.15, 0.2) is 36.7 Å². The van der Waals surface area contributed by atoms with E-state index >= 15 is 0 Å². The molecule has 132 valence electrons. The maximum Gasteiger partial charge on any atom is 0.311 e. The maximum atomic E-state index is 14.1. The highest BCUT2D eigenvalue weighted by Crippen LogP contribution is 2.33. The number of nitrogens with one attached hydrogen (secondary N) is 1. The number of ketones is 1. The first kappa shape index (κ1) is 17.0. The molecule has 0 saturated heterocycles. The number of ether oxygens (including phenoxy) is 1. The van der Waals surface area contributed by atoms with Gasteiger partial charge in [-0.2, -0.15) is 0 Å². The Hall–Kier alpha value is -3.82. The van der Waals surface area contributed by atoms with Gasteiger partial charge in [0.25, 0.3) is 5.69 Å². The van der Waals surface area contributed by atoms with Crippen LogP contribution in [0, 0.1) is 15.9 Å². The number of aliphatic carboxylic acids is 1. The standard InChI is InChI=1S/C16H10FN3O6/c17-10-5-8(20(24)25)1-2-12(10)26-13-3-4-18-16-15(13)9(7-19-16)11(21)6-14(22)23/h1-5,7H,6H2,(H,18,19)(H,22,23). The minimum absolute atomic E-state index is 0.0350. The lowest BCUT2D eigenvalue weighted by Crippen LogP contribution is -2.06. The van der Waals surface area contributed by atoms with Gasteiger partial charge in [0.05, 0.1) is 16.4 Å². The number of fused-ring (bicyclic) bond motifs is 1. The smallest absolute Gasteiger partial charge is 0.311 e. The van der Waals surface area contributed by atoms with Crippen molar-refractivity contribution in [1.29, 1.82) is 0 Å². The van der Waals surface area contributed by atoms with Crippen LogP contribution in [0.1, 0.15) is 16.8 Å². The number of Topliss-reactive ketones (excluding diaryl/α,β-unsaturated/α-hetero) is 1. The lowest BCUT2D eigenvalue weighted by atomic mass is 10.1. The van der Waals surface area contributed by atoms with Crippen molar-refractivity contribution in [3.8, 4) is 11.5 Å². The van der Waals surface area contributed by atoms with Gasteiger partial charge in [0, 0.05) is 24.0 Å². The zero-order valence-corrected chi connectivity index (χ0v) is 12.9. The first-order valence-electron chi connectivity index (χ1n) is 7.19. The monoisotopic (exact) mass is 359 g/mol. The summed E-state index contributed by atoms with van der Waals surface area (Å²) in [7, 11) is 0. The number of H-pyrrole nitrogens is 1. The maximum absolute atomic E-state index is 14.1. The van der Waals surface area contributed by atoms with Gasteiger partial charge in [0.1, 0.15) is 17.8 Å². The van der Waals surface area contributed by atoms with E-state index < -0.39 is 34.6 Å². The van der Waals surface area contributed by atoms with Crippen LogP contribution in [0.25, 0.3) is 11.0 Å². The summed E-state index contributed by atoms with van der Waals surface area (Å²) in [6, 6.07) is 4.24. The van der Waals surface area contributed by atoms with Crippen molar-refractivity contribution in [3.63, 3.8) is 0 Å². The highest BCUT2D eigenvalue weighted by molar-refractivity contribution is 6.13. The van der Waals surface area contributed by atoms with E-state index in [2.05, 4.69) is 9.97 Å². The Kier molecular flexibility index (Phi) is 4.31. The molecular formula is C16H10FN3O6. The van der Waals surface area contributed by atoms with Crippen LogP contribution in [0.2, 0.25) is 0 Å². The van der Waals surface area contributed by atoms with E-state index in [1.165, 1.54) is 18.5 Å². The first-order chi connectivity index (χ1) is 12.4. The number of aromatic amines is 1. The second-order valence-electron chi connectivity index (χ2n) is 5.20. The Morgan fingerprint density at radius 3 is 2.73 bits per heavy atom. The van der Waals surface area contributed by atoms with Crippen LogP contribution in [0.5, 0.6) is 11.5 Å². The number of hydrogen-bond donors (Lipinski definition) is 2. The summed E-state index contributed by atoms with van der Waals surface area (Å²) < 4.78 is 19.5. The molecule has 1 aromatic carbocycles. The van der Waals surface area contributed by atoms with Gasteiger partial charge in [-0.1, -0.05) is 0 Å². The number of benzene rings is 1. The molecule has 0 amide bonds. The molecule has 2 aromatic heterocycles. The van der Waals surface area contributed by atoms with E-state index in [0.717, 1.165) is 12.1 Å². The molecule has 3 aromatic rings. The summed E-state index contributed by atoms with van der Waals surface area (Å²) in [5.41, 5.74) is -0.153. The van der Waals surface area contributed by atoms with Gasteiger partial charge in [-0.15, -0.1) is 0 Å². The normalized spacial score (nSPS) is 10.7. The molecule has 2 N–H and O–H groups in total. The van der Waals surface area contributed by atoms with Crippen molar-refractivity contribution in [2.75, 3.05) is 0 Å². The Morgan fingerprint density at radius 1 is 1.31 bits per heavy atom. The van der Waals surface area contributed by atoms with Gasteiger partial charge in [-0.05, 0) is 12.1 Å². The van der Waals surface area contributed by atoms with E-state index in [9.17, 15) is 24.1 Å². The van der Waals surface area contributed by atoms with Crippen molar-refractivity contribution in [3.05, 3.63) is 58.2 Å². The van der Waals surface area contributed by atoms with Gasteiger partial charge < -0.3 is 14.8 Å². The molecule has 0 unspecified atom stereocenters. The van der Waals surface area contributed by atoms with Crippen LogP contribution >= 0.6 is 0 Å². The number of nitro groups is 1. The molecule has 0 saturated carbocycles. The molecule has 0 fully saturated rings. The first-order valence-corrected chi connectivity index (χ1v) is 7.19. The Balaban J connectivity index is 2.03. The Labute approximate surface area is 144 Å². The van der Waals surface area contributed by atoms with E-state index in [1.807, 2.05) is 0 Å². The van der Waals surface area contributed by atoms with Gasteiger partial charge in [0.2, 0.25) is 0 Å². The lowest BCUT2D eigenvalue weighted by molar-refractivity contribution is -0.385. The minimum atomic E-state index is -1.29. The second-order valence-corrected chi connectivity index (χ2v) is 5.20. The summed E-state index contributed by atoms with van der Waals surface area (Å²) in [5, 5.41) is 19.6. The molecule has 10 heteroatoms. The zero-order chi connectivity index (χ0) is 18.8. The Bertz CT molecular complexity index is 1050. The summed E-state index contributed by atoms with van der Waals surface area (Å²) in [6.45, 7) is 0. The third-order valence-corrected chi connectivity index (χ3v) is 3.49. The van der Waals surface area contributed by atoms with Crippen molar-refractivity contribution >= 4 is 28.5 Å². The molecule has 26 heavy (non-hydrogen) atoms. The predicted octanol–water partition coefficient (Wildman–Crippen LogP) is 3.06. The number of nitrogens with zero attached hydrogens (tertiary/aromatic N) is 2. The molecule has 0 radical (unpaired) electrons. The number of carboxylic acid groups (broad SMARTS) is 1. The molecule has 0 spiro atoms. The number of non-ortho nitro benzene ring substituents is 1. The topological polar surface area (TPSA) is 135 Å². The van der Waals surface area contributed by atoms with E-state index in [-0.39, 0.29) is 28.1 Å². The fourth-order valence-corrected chi connectivity index (χ4v) is 2.37. The number of pyridine rings is 1. The van der Waals surface area contributed by atoms with Crippen molar-refractivity contribution in [2.45, 2.75) is 6.42 Å². The SMILES string of the molecule is O=C(O)CC(=O)c1c[nH]c2nccc(Oc3ccc([N+](=O)[O-])cc3F)c12. The fraction of sp³-hybridized carbons (Fsp3) is 0.0625. The Morgan fingerprint density at radius 2 is 2.08 bits per heavy atom. The van der Waals surface area contributed by atoms with Gasteiger partial charge in [-0.3, -0.25) is 19.7 Å². The molecular weight excluding hydrogens is 349 g/mol. The van der Waals surface area contributed by atoms with Gasteiger partial charge in [-0.25, -0.2) is 9.37 Å². The average Bonchev–Trinajstić information content (AvgIpc) is 3.01. The summed E-state index contributed by atoms with van der Waals surface area (Å²) in [5.74, 6) is -3.17. The van der Waals surface area contributed by atoms with Crippen LogP contribution in [0.4, 0.5) is 10.1 Å². The van der Waals surface area contributed by atoms with Gasteiger partial charge >= 0.3 is 5.97 Å². The lowest BCUT2D eigenvalue weighted by Gasteiger charge is -2.08. The van der Waals surface area contributed by atoms with E-state index in [4.69, 9.17) is 9.84 Å². The predicted molar refractivity (Wildman–Crippen MR) is 85.8 cm³/mol.